The fourth-order valence-corrected chi connectivity index (χ4v) is 5.50. The van der Waals surface area contributed by atoms with Gasteiger partial charge in [0.25, 0.3) is 5.91 Å². The van der Waals surface area contributed by atoms with E-state index in [0.29, 0.717) is 19.0 Å². The van der Waals surface area contributed by atoms with Crippen LogP contribution in [0.5, 0.6) is 0 Å². The number of aromatic nitrogens is 2. The second-order valence-electron chi connectivity index (χ2n) is 9.51. The molecule has 0 bridgehead atoms. The number of carbonyl (C=O) groups excluding carboxylic acids is 1. The number of pyridine rings is 1. The minimum Gasteiger partial charge on any atom is -0.449 e. The van der Waals surface area contributed by atoms with Crippen LogP contribution in [0.25, 0.3) is 0 Å². The molecule has 7 nitrogen and oxygen atoms in total. The van der Waals surface area contributed by atoms with E-state index >= 15 is 0 Å². The van der Waals surface area contributed by atoms with Crippen molar-refractivity contribution in [3.63, 3.8) is 0 Å². The summed E-state index contributed by atoms with van der Waals surface area (Å²) in [7, 11) is 0. The number of carbonyl (C=O) groups is 1. The second kappa shape index (κ2) is 12.1. The van der Waals surface area contributed by atoms with E-state index in [0.717, 1.165) is 49.2 Å². The number of benzene rings is 1. The van der Waals surface area contributed by atoms with E-state index in [1.807, 2.05) is 25.3 Å². The molecule has 1 atom stereocenters. The van der Waals surface area contributed by atoms with Gasteiger partial charge in [0.2, 0.25) is 0 Å². The summed E-state index contributed by atoms with van der Waals surface area (Å²) in [6, 6.07) is 8.46. The summed E-state index contributed by atoms with van der Waals surface area (Å²) in [4.78, 5) is 28.4. The summed E-state index contributed by atoms with van der Waals surface area (Å²) in [6.45, 7) is 3.63. The number of rotatable bonds is 8. The molecule has 1 aliphatic carbocycles. The van der Waals surface area contributed by atoms with Crippen molar-refractivity contribution in [3.05, 3.63) is 105 Å². The summed E-state index contributed by atoms with van der Waals surface area (Å²) < 4.78 is 5.49. The lowest BCUT2D eigenvalue weighted by molar-refractivity contribution is 0.0951. The number of amides is 1. The van der Waals surface area contributed by atoms with Crippen LogP contribution < -0.4 is 5.32 Å². The number of aryl methyl sites for hydroxylation is 1. The van der Waals surface area contributed by atoms with Crippen molar-refractivity contribution >= 4 is 34.8 Å². The Bertz CT molecular complexity index is 1370. The molecule has 1 N–H and O–H groups in total. The number of halogens is 2. The van der Waals surface area contributed by atoms with Gasteiger partial charge in [0.15, 0.2) is 5.89 Å². The average molecular weight is 550 g/mol. The number of allylic oxidation sites excluding steroid dienone is 2. The predicted octanol–water partition coefficient (Wildman–Crippen LogP) is 6.45. The SMILES string of the molecule is Cc1nc(CN(Cc2ccc(CNC(=O)c3c(Cl)cncc3Cl)cc2)C2CCCC3=CCC=CN=C32)co1. The molecule has 2 aliphatic rings. The monoisotopic (exact) mass is 549 g/mol. The van der Waals surface area contributed by atoms with Crippen LogP contribution in [0.4, 0.5) is 0 Å². The van der Waals surface area contributed by atoms with Crippen LogP contribution in [-0.4, -0.2) is 32.5 Å². The molecule has 1 fully saturated rings. The lowest BCUT2D eigenvalue weighted by atomic mass is 9.86. The highest BCUT2D eigenvalue weighted by Gasteiger charge is 2.30. The van der Waals surface area contributed by atoms with Gasteiger partial charge < -0.3 is 9.73 Å². The van der Waals surface area contributed by atoms with Crippen molar-refractivity contribution in [1.29, 1.82) is 0 Å². The fraction of sp³-hybridized carbons (Fsp3) is 0.310. The summed E-state index contributed by atoms with van der Waals surface area (Å²) in [5.41, 5.74) is 5.81. The lowest BCUT2D eigenvalue weighted by Gasteiger charge is -2.36. The van der Waals surface area contributed by atoms with Crippen LogP contribution in [0.3, 0.4) is 0 Å². The normalized spacial score (nSPS) is 17.0. The van der Waals surface area contributed by atoms with Gasteiger partial charge in [-0.05, 0) is 42.4 Å². The Morgan fingerprint density at radius 2 is 1.89 bits per heavy atom. The van der Waals surface area contributed by atoms with Gasteiger partial charge in [0.1, 0.15) is 6.26 Å². The van der Waals surface area contributed by atoms with Crippen LogP contribution >= 0.6 is 23.2 Å². The van der Waals surface area contributed by atoms with E-state index in [-0.39, 0.29) is 27.6 Å². The highest BCUT2D eigenvalue weighted by molar-refractivity contribution is 6.39. The Labute approximate surface area is 232 Å². The van der Waals surface area contributed by atoms with Crippen molar-refractivity contribution < 1.29 is 9.21 Å². The number of nitrogens with one attached hydrogen (secondary N) is 1. The summed E-state index contributed by atoms with van der Waals surface area (Å²) in [5, 5.41) is 3.34. The third-order valence-electron chi connectivity index (χ3n) is 6.80. The fourth-order valence-electron chi connectivity index (χ4n) is 4.96. The van der Waals surface area contributed by atoms with E-state index in [4.69, 9.17) is 32.6 Å². The van der Waals surface area contributed by atoms with E-state index in [1.165, 1.54) is 23.5 Å². The lowest BCUT2D eigenvalue weighted by Crippen LogP contribution is -2.43. The Morgan fingerprint density at radius 1 is 1.13 bits per heavy atom. The van der Waals surface area contributed by atoms with E-state index in [1.54, 1.807) is 6.26 Å². The molecule has 0 saturated heterocycles. The van der Waals surface area contributed by atoms with Crippen LogP contribution in [0, 0.1) is 6.92 Å². The Kier molecular flexibility index (Phi) is 8.37. The zero-order chi connectivity index (χ0) is 26.5. The molecule has 3 aromatic rings. The maximum absolute atomic E-state index is 12.6. The van der Waals surface area contributed by atoms with Gasteiger partial charge >= 0.3 is 0 Å². The molecule has 1 aromatic carbocycles. The molecule has 0 spiro atoms. The maximum atomic E-state index is 12.6. The van der Waals surface area contributed by atoms with Crippen molar-refractivity contribution in [1.82, 2.24) is 20.2 Å². The Balaban J connectivity index is 1.30. The number of hydrogen-bond donors (Lipinski definition) is 1. The Hall–Kier alpha value is -3.26. The maximum Gasteiger partial charge on any atom is 0.254 e. The second-order valence-corrected chi connectivity index (χ2v) is 10.3. The summed E-state index contributed by atoms with van der Waals surface area (Å²) in [6.07, 6.45) is 15.1. The summed E-state index contributed by atoms with van der Waals surface area (Å²) in [5.74, 6) is 0.333. The summed E-state index contributed by atoms with van der Waals surface area (Å²) >= 11 is 12.2. The standard InChI is InChI=1S/C29H29Cl2N5O2/c1-19-35-23(18-38-19)17-36(26-7-4-6-22-5-2-3-12-33-28(22)26)16-21-10-8-20(9-11-21)13-34-29(37)27-24(30)14-32-15-25(27)31/h3,5,8-12,14-15,18,26H,2,4,6-7,13,16-17H2,1H3,(H,34,37). The van der Waals surface area contributed by atoms with Crippen LogP contribution in [0.1, 0.15) is 58.8 Å². The van der Waals surface area contributed by atoms with E-state index in [9.17, 15) is 4.79 Å². The first kappa shape index (κ1) is 26.4. The van der Waals surface area contributed by atoms with Crippen molar-refractivity contribution in [2.24, 2.45) is 4.99 Å². The molecule has 2 aromatic heterocycles. The minimum atomic E-state index is -0.333. The van der Waals surface area contributed by atoms with Gasteiger partial charge in [-0.2, -0.15) is 0 Å². The number of hydrogen-bond acceptors (Lipinski definition) is 6. The first-order valence-corrected chi connectivity index (χ1v) is 13.5. The number of oxazole rings is 1. The van der Waals surface area contributed by atoms with E-state index in [2.05, 4.69) is 44.5 Å². The third-order valence-corrected chi connectivity index (χ3v) is 7.38. The molecule has 196 valence electrons. The van der Waals surface area contributed by atoms with Gasteiger partial charge in [0, 0.05) is 45.2 Å². The zero-order valence-electron chi connectivity index (χ0n) is 21.2. The number of aliphatic imine (C=N–C) groups is 1. The molecule has 1 unspecified atom stereocenters. The molecule has 38 heavy (non-hydrogen) atoms. The van der Waals surface area contributed by atoms with Crippen LogP contribution in [-0.2, 0) is 19.6 Å². The van der Waals surface area contributed by atoms with E-state index < -0.39 is 0 Å². The largest absolute Gasteiger partial charge is 0.449 e. The van der Waals surface area contributed by atoms with Crippen molar-refractivity contribution in [3.8, 4) is 0 Å². The predicted molar refractivity (Wildman–Crippen MR) is 149 cm³/mol. The molecule has 3 heterocycles. The zero-order valence-corrected chi connectivity index (χ0v) is 22.7. The van der Waals surface area contributed by atoms with Gasteiger partial charge in [-0.15, -0.1) is 0 Å². The molecule has 1 amide bonds. The van der Waals surface area contributed by atoms with Crippen LogP contribution in [0.15, 0.2) is 76.3 Å². The molecular formula is C29H29Cl2N5O2. The molecule has 0 radical (unpaired) electrons. The van der Waals surface area contributed by atoms with Crippen molar-refractivity contribution in [2.75, 3.05) is 0 Å². The molecule has 1 aliphatic heterocycles. The number of fused-ring (bicyclic) bond motifs is 1. The van der Waals surface area contributed by atoms with Crippen LogP contribution in [0.2, 0.25) is 10.0 Å². The highest BCUT2D eigenvalue weighted by atomic mass is 35.5. The van der Waals surface area contributed by atoms with Crippen molar-refractivity contribution in [2.45, 2.75) is 58.3 Å². The third kappa shape index (κ3) is 6.23. The minimum absolute atomic E-state index is 0.198. The molecular weight excluding hydrogens is 521 g/mol. The molecule has 9 heteroatoms. The smallest absolute Gasteiger partial charge is 0.254 e. The van der Waals surface area contributed by atoms with Gasteiger partial charge in [-0.3, -0.25) is 19.7 Å². The Morgan fingerprint density at radius 3 is 2.63 bits per heavy atom. The highest BCUT2D eigenvalue weighted by Crippen LogP contribution is 2.29. The molecule has 1 saturated carbocycles. The number of nitrogens with zero attached hydrogens (tertiary/aromatic N) is 4. The van der Waals surface area contributed by atoms with Gasteiger partial charge in [0.05, 0.1) is 33.1 Å². The first-order valence-electron chi connectivity index (χ1n) is 12.7. The molecule has 5 rings (SSSR count). The van der Waals surface area contributed by atoms with Gasteiger partial charge in [-0.1, -0.05) is 59.6 Å². The average Bonchev–Trinajstić information content (AvgIpc) is 3.16. The topological polar surface area (TPSA) is 83.6 Å². The quantitative estimate of drug-likeness (QED) is 0.348. The van der Waals surface area contributed by atoms with Gasteiger partial charge in [-0.25, -0.2) is 4.98 Å². The first-order chi connectivity index (χ1) is 18.5.